The van der Waals surface area contributed by atoms with Gasteiger partial charge in [0.25, 0.3) is 5.91 Å². The summed E-state index contributed by atoms with van der Waals surface area (Å²) < 4.78 is 33.5. The molecule has 1 saturated heterocycles. The summed E-state index contributed by atoms with van der Waals surface area (Å²) in [6.45, 7) is 2.50. The summed E-state index contributed by atoms with van der Waals surface area (Å²) in [5.74, 6) is -1.17. The van der Waals surface area contributed by atoms with Crippen LogP contribution in [0.4, 0.5) is 25.0 Å². The Morgan fingerprint density at radius 3 is 2.50 bits per heavy atom. The van der Waals surface area contributed by atoms with E-state index in [0.29, 0.717) is 42.2 Å². The predicted octanol–water partition coefficient (Wildman–Crippen LogP) is 5.37. The van der Waals surface area contributed by atoms with Gasteiger partial charge in [-0.2, -0.15) is 0 Å². The molecule has 3 amide bonds. The third-order valence-electron chi connectivity index (χ3n) is 5.74. The molecule has 0 aromatic heterocycles. The van der Waals surface area contributed by atoms with Gasteiger partial charge in [0.05, 0.1) is 25.0 Å². The van der Waals surface area contributed by atoms with Crippen LogP contribution < -0.4 is 15.0 Å². The minimum Gasteiger partial charge on any atom is -0.497 e. The second-order valence-corrected chi connectivity index (χ2v) is 8.12. The lowest BCUT2D eigenvalue weighted by atomic mass is 10.1. The van der Waals surface area contributed by atoms with Gasteiger partial charge in [0.1, 0.15) is 17.4 Å². The van der Waals surface area contributed by atoms with E-state index >= 15 is 0 Å². The van der Waals surface area contributed by atoms with E-state index in [2.05, 4.69) is 5.32 Å². The molecule has 0 unspecified atom stereocenters. The normalized spacial score (nSPS) is 13.7. The summed E-state index contributed by atoms with van der Waals surface area (Å²) in [4.78, 5) is 29.2. The van der Waals surface area contributed by atoms with E-state index in [0.717, 1.165) is 5.56 Å². The highest BCUT2D eigenvalue weighted by Gasteiger charge is 2.30. The number of aryl methyl sites for hydroxylation is 1. The highest BCUT2D eigenvalue weighted by molar-refractivity contribution is 6.08. The van der Waals surface area contributed by atoms with Gasteiger partial charge in [-0.25, -0.2) is 13.6 Å². The maximum Gasteiger partial charge on any atom is 0.324 e. The number of methoxy groups -OCH3 is 1. The largest absolute Gasteiger partial charge is 0.497 e. The first kappa shape index (κ1) is 23.2. The number of halogens is 2. The zero-order valence-electron chi connectivity index (χ0n) is 19.0. The minimum atomic E-state index is -0.688. The van der Waals surface area contributed by atoms with Crippen LogP contribution in [0.5, 0.6) is 5.75 Å². The summed E-state index contributed by atoms with van der Waals surface area (Å²) in [7, 11) is 1.52. The van der Waals surface area contributed by atoms with E-state index in [1.54, 1.807) is 36.4 Å². The van der Waals surface area contributed by atoms with E-state index < -0.39 is 11.6 Å². The van der Waals surface area contributed by atoms with Gasteiger partial charge in [-0.15, -0.1) is 0 Å². The van der Waals surface area contributed by atoms with Crippen molar-refractivity contribution in [2.24, 2.45) is 0 Å². The van der Waals surface area contributed by atoms with Crippen LogP contribution in [0.25, 0.3) is 0 Å². The molecule has 4 rings (SSSR count). The number of carbonyl (C=O) groups excluding carboxylic acids is 2. The molecule has 3 aromatic carbocycles. The Labute approximate surface area is 196 Å². The van der Waals surface area contributed by atoms with Gasteiger partial charge < -0.3 is 15.0 Å². The standard InChI is InChI=1S/C26H25F2N3O3/c1-17-10-11-24(23(14-17)29-25(32)18-6-3-7-19(15-18)34-2)31-13-5-12-30(26(31)33)16-20-21(27)8-4-9-22(20)28/h3-4,6-11,14-15H,5,12-13,16H2,1-2H3,(H,29,32). The van der Waals surface area contributed by atoms with Crippen molar-refractivity contribution in [3.63, 3.8) is 0 Å². The van der Waals surface area contributed by atoms with Crippen LogP contribution in [0.15, 0.2) is 60.7 Å². The van der Waals surface area contributed by atoms with Crippen LogP contribution in [0, 0.1) is 18.6 Å². The summed E-state index contributed by atoms with van der Waals surface area (Å²) >= 11 is 0. The molecule has 1 N–H and O–H groups in total. The Morgan fingerprint density at radius 1 is 1.03 bits per heavy atom. The zero-order chi connectivity index (χ0) is 24.2. The van der Waals surface area contributed by atoms with E-state index in [-0.39, 0.29) is 24.0 Å². The Bertz CT molecular complexity index is 1210. The summed E-state index contributed by atoms with van der Waals surface area (Å²) in [5.41, 5.74) is 2.16. The molecular weight excluding hydrogens is 440 g/mol. The van der Waals surface area contributed by atoms with Crippen LogP contribution in [0.2, 0.25) is 0 Å². The third-order valence-corrected chi connectivity index (χ3v) is 5.74. The summed E-state index contributed by atoms with van der Waals surface area (Å²) in [5, 5.41) is 2.89. The van der Waals surface area contributed by atoms with Crippen LogP contribution in [-0.2, 0) is 6.54 Å². The Balaban J connectivity index is 1.60. The monoisotopic (exact) mass is 465 g/mol. The topological polar surface area (TPSA) is 61.9 Å². The molecule has 1 aliphatic heterocycles. The van der Waals surface area contributed by atoms with E-state index in [1.807, 2.05) is 13.0 Å². The molecule has 3 aromatic rings. The van der Waals surface area contributed by atoms with Gasteiger partial charge in [-0.3, -0.25) is 9.69 Å². The molecule has 1 heterocycles. The molecule has 0 atom stereocenters. The quantitative estimate of drug-likeness (QED) is 0.533. The number of rotatable bonds is 6. The van der Waals surface area contributed by atoms with Gasteiger partial charge in [0.2, 0.25) is 0 Å². The van der Waals surface area contributed by atoms with Gasteiger partial charge in [0, 0.05) is 24.2 Å². The maximum atomic E-state index is 14.2. The molecule has 0 spiro atoms. The first-order valence-corrected chi connectivity index (χ1v) is 10.9. The lowest BCUT2D eigenvalue weighted by molar-refractivity contribution is 0.102. The van der Waals surface area contributed by atoms with Crippen LogP contribution in [-0.4, -0.2) is 37.0 Å². The third kappa shape index (κ3) is 4.85. The van der Waals surface area contributed by atoms with Crippen molar-refractivity contribution in [1.29, 1.82) is 0 Å². The summed E-state index contributed by atoms with van der Waals surface area (Å²) in [6.07, 6.45) is 0.610. The maximum absolute atomic E-state index is 14.2. The second kappa shape index (κ2) is 9.91. The van der Waals surface area contributed by atoms with Gasteiger partial charge >= 0.3 is 6.03 Å². The lowest BCUT2D eigenvalue weighted by Crippen LogP contribution is -2.49. The van der Waals surface area contributed by atoms with Crippen molar-refractivity contribution in [1.82, 2.24) is 4.90 Å². The Hall–Kier alpha value is -3.94. The number of benzene rings is 3. The van der Waals surface area contributed by atoms with Crippen molar-refractivity contribution in [3.8, 4) is 5.75 Å². The predicted molar refractivity (Wildman–Crippen MR) is 126 cm³/mol. The average Bonchev–Trinajstić information content (AvgIpc) is 2.83. The van der Waals surface area contributed by atoms with Gasteiger partial charge in [0.15, 0.2) is 0 Å². The molecular formula is C26H25F2N3O3. The van der Waals surface area contributed by atoms with Crippen molar-refractivity contribution in [3.05, 3.63) is 89.0 Å². The van der Waals surface area contributed by atoms with Crippen LogP contribution in [0.3, 0.4) is 0 Å². The number of hydrogen-bond acceptors (Lipinski definition) is 3. The number of nitrogens with zero attached hydrogens (tertiary/aromatic N) is 2. The fourth-order valence-electron chi connectivity index (χ4n) is 3.97. The molecule has 1 fully saturated rings. The first-order chi connectivity index (χ1) is 16.4. The number of anilines is 2. The SMILES string of the molecule is COc1cccc(C(=O)Nc2cc(C)ccc2N2CCCN(Cc3c(F)cccc3F)C2=O)c1. The highest BCUT2D eigenvalue weighted by Crippen LogP contribution is 2.31. The van der Waals surface area contributed by atoms with E-state index in [9.17, 15) is 18.4 Å². The van der Waals surface area contributed by atoms with Crippen molar-refractivity contribution >= 4 is 23.3 Å². The molecule has 0 radical (unpaired) electrons. The molecule has 6 nitrogen and oxygen atoms in total. The van der Waals surface area contributed by atoms with Crippen molar-refractivity contribution in [2.75, 3.05) is 30.4 Å². The smallest absolute Gasteiger partial charge is 0.324 e. The van der Waals surface area contributed by atoms with Gasteiger partial charge in [-0.1, -0.05) is 18.2 Å². The molecule has 176 valence electrons. The average molecular weight is 466 g/mol. The molecule has 8 heteroatoms. The number of ether oxygens (including phenoxy) is 1. The second-order valence-electron chi connectivity index (χ2n) is 8.12. The number of urea groups is 1. The zero-order valence-corrected chi connectivity index (χ0v) is 19.0. The molecule has 34 heavy (non-hydrogen) atoms. The van der Waals surface area contributed by atoms with Crippen molar-refractivity contribution < 1.29 is 23.1 Å². The lowest BCUT2D eigenvalue weighted by Gasteiger charge is -2.36. The minimum absolute atomic E-state index is 0.145. The fraction of sp³-hybridized carbons (Fsp3) is 0.231. The molecule has 1 aliphatic rings. The van der Waals surface area contributed by atoms with Crippen LogP contribution in [0.1, 0.15) is 27.9 Å². The number of carbonyl (C=O) groups is 2. The Morgan fingerprint density at radius 2 is 1.76 bits per heavy atom. The van der Waals surface area contributed by atoms with E-state index in [4.69, 9.17) is 4.74 Å². The van der Waals surface area contributed by atoms with Gasteiger partial charge in [-0.05, 0) is 61.4 Å². The van der Waals surface area contributed by atoms with E-state index in [1.165, 1.54) is 35.1 Å². The Kier molecular flexibility index (Phi) is 6.77. The number of amides is 3. The van der Waals surface area contributed by atoms with Crippen LogP contribution >= 0.6 is 0 Å². The first-order valence-electron chi connectivity index (χ1n) is 10.9. The molecule has 0 bridgehead atoms. The fourth-order valence-corrected chi connectivity index (χ4v) is 3.97. The molecule has 0 saturated carbocycles. The number of nitrogens with one attached hydrogen (secondary N) is 1. The van der Waals surface area contributed by atoms with Crippen molar-refractivity contribution in [2.45, 2.75) is 19.9 Å². The summed E-state index contributed by atoms with van der Waals surface area (Å²) in [6, 6.07) is 15.4. The molecule has 0 aliphatic carbocycles. The number of hydrogen-bond donors (Lipinski definition) is 1. The highest BCUT2D eigenvalue weighted by atomic mass is 19.1.